The number of morpholine rings is 1. The van der Waals surface area contributed by atoms with Gasteiger partial charge >= 0.3 is 12.4 Å². The van der Waals surface area contributed by atoms with Gasteiger partial charge in [0.1, 0.15) is 11.6 Å². The topological polar surface area (TPSA) is 83.1 Å². The smallest absolute Gasteiger partial charge is 0.406 e. The Balaban J connectivity index is 1.48. The van der Waals surface area contributed by atoms with Crippen LogP contribution in [-0.4, -0.2) is 62.6 Å². The van der Waals surface area contributed by atoms with Gasteiger partial charge in [0, 0.05) is 48.3 Å². The van der Waals surface area contributed by atoms with E-state index in [1.54, 1.807) is 24.3 Å². The maximum Gasteiger partial charge on any atom is 0.573 e. The van der Waals surface area contributed by atoms with Gasteiger partial charge in [-0.3, -0.25) is 14.6 Å². The van der Waals surface area contributed by atoms with E-state index in [1.807, 2.05) is 0 Å². The van der Waals surface area contributed by atoms with Gasteiger partial charge in [-0.25, -0.2) is 9.18 Å². The van der Waals surface area contributed by atoms with Crippen molar-refractivity contribution in [3.63, 3.8) is 0 Å². The molecule has 0 unspecified atom stereocenters. The summed E-state index contributed by atoms with van der Waals surface area (Å²) in [5.74, 6) is -2.17. The van der Waals surface area contributed by atoms with Crippen molar-refractivity contribution in [1.82, 2.24) is 4.90 Å². The van der Waals surface area contributed by atoms with Crippen molar-refractivity contribution < 1.29 is 36.6 Å². The number of hydrogen-bond donors (Lipinski definition) is 2. The van der Waals surface area contributed by atoms with E-state index < -0.39 is 29.9 Å². The maximum atomic E-state index is 15.1. The van der Waals surface area contributed by atoms with E-state index >= 15 is 4.39 Å². The van der Waals surface area contributed by atoms with Crippen molar-refractivity contribution in [2.45, 2.75) is 6.36 Å². The van der Waals surface area contributed by atoms with Crippen molar-refractivity contribution in [3.8, 4) is 5.75 Å². The van der Waals surface area contributed by atoms with Crippen LogP contribution < -0.4 is 20.3 Å². The average molecular weight is 581 g/mol. The largest absolute Gasteiger partial charge is 0.573 e. The van der Waals surface area contributed by atoms with E-state index in [4.69, 9.17) is 16.3 Å². The molecule has 0 bridgehead atoms. The number of ether oxygens (including phenoxy) is 2. The molecule has 212 valence electrons. The minimum Gasteiger partial charge on any atom is -0.406 e. The Bertz CT molecular complexity index is 1320. The van der Waals surface area contributed by atoms with Crippen LogP contribution in [0, 0.1) is 5.82 Å². The molecule has 8 nitrogen and oxygen atoms in total. The number of amides is 3. The number of urea groups is 1. The van der Waals surface area contributed by atoms with Gasteiger partial charge in [-0.05, 0) is 66.7 Å². The van der Waals surface area contributed by atoms with Gasteiger partial charge in [0.05, 0.1) is 18.8 Å². The molecule has 40 heavy (non-hydrogen) atoms. The van der Waals surface area contributed by atoms with Gasteiger partial charge in [-0.1, -0.05) is 11.6 Å². The number of hydrogen-bond acceptors (Lipinski definition) is 5. The highest BCUT2D eigenvalue weighted by molar-refractivity contribution is 6.30. The summed E-state index contributed by atoms with van der Waals surface area (Å²) in [5.41, 5.74) is 0.541. The van der Waals surface area contributed by atoms with E-state index in [1.165, 1.54) is 29.2 Å². The van der Waals surface area contributed by atoms with Crippen LogP contribution in [0.2, 0.25) is 5.02 Å². The van der Waals surface area contributed by atoms with Crippen LogP contribution in [0.25, 0.3) is 0 Å². The lowest BCUT2D eigenvalue weighted by Gasteiger charge is -2.30. The number of rotatable bonds is 8. The lowest BCUT2D eigenvalue weighted by Crippen LogP contribution is -2.44. The van der Waals surface area contributed by atoms with Crippen LogP contribution in [0.1, 0.15) is 10.4 Å². The number of anilines is 3. The molecule has 0 atom stereocenters. The van der Waals surface area contributed by atoms with Crippen LogP contribution >= 0.6 is 11.6 Å². The molecule has 0 spiro atoms. The van der Waals surface area contributed by atoms with E-state index in [0.29, 0.717) is 43.6 Å². The van der Waals surface area contributed by atoms with Gasteiger partial charge in [-0.15, -0.1) is 13.2 Å². The quantitative estimate of drug-likeness (QED) is 0.319. The zero-order valence-corrected chi connectivity index (χ0v) is 21.8. The fraction of sp³-hybridized carbons (Fsp3) is 0.259. The number of benzene rings is 3. The fourth-order valence-corrected chi connectivity index (χ4v) is 4.06. The molecule has 0 aromatic heterocycles. The molecule has 0 aliphatic carbocycles. The molecule has 1 aliphatic rings. The van der Waals surface area contributed by atoms with Gasteiger partial charge in [0.25, 0.3) is 5.91 Å². The molecule has 13 heteroatoms. The van der Waals surface area contributed by atoms with E-state index in [-0.39, 0.29) is 23.5 Å². The van der Waals surface area contributed by atoms with Gasteiger partial charge < -0.3 is 20.1 Å². The zero-order valence-electron chi connectivity index (χ0n) is 21.0. The van der Waals surface area contributed by atoms with Crippen LogP contribution in [0.5, 0.6) is 5.75 Å². The molecular formula is C27H25ClF4N4O4. The molecule has 0 radical (unpaired) electrons. The SMILES string of the molecule is O=C(Nc1ccc(OC(F)(F)F)cc1)c1ccc(N(CCN2CCOCC2)C(=O)Nc2ccc(Cl)cc2)cc1F. The summed E-state index contributed by atoms with van der Waals surface area (Å²) in [5, 5.41) is 5.70. The molecule has 2 N–H and O–H groups in total. The second kappa shape index (κ2) is 13.0. The Morgan fingerprint density at radius 2 is 1.57 bits per heavy atom. The predicted octanol–water partition coefficient (Wildman–Crippen LogP) is 6.00. The first-order valence-corrected chi connectivity index (χ1v) is 12.6. The third-order valence-electron chi connectivity index (χ3n) is 5.94. The first-order chi connectivity index (χ1) is 19.1. The van der Waals surface area contributed by atoms with E-state index in [2.05, 4.69) is 20.3 Å². The Morgan fingerprint density at radius 1 is 0.950 bits per heavy atom. The lowest BCUT2D eigenvalue weighted by atomic mass is 10.1. The Morgan fingerprint density at radius 3 is 2.20 bits per heavy atom. The number of nitrogens with zero attached hydrogens (tertiary/aromatic N) is 2. The standard InChI is InChI=1S/C27H25ClF4N4O4/c28-18-1-3-20(4-2-18)34-26(38)36(12-11-35-13-15-39-16-14-35)21-7-10-23(24(29)17-21)25(37)33-19-5-8-22(9-6-19)40-27(30,31)32/h1-10,17H,11-16H2,(H,33,37)(H,34,38). The zero-order chi connectivity index (χ0) is 28.7. The predicted molar refractivity (Wildman–Crippen MR) is 143 cm³/mol. The second-order valence-corrected chi connectivity index (χ2v) is 9.17. The maximum absolute atomic E-state index is 15.1. The molecule has 3 aromatic rings. The Labute approximate surface area is 232 Å². The summed E-state index contributed by atoms with van der Waals surface area (Å²) in [6, 6.07) is 14.2. The summed E-state index contributed by atoms with van der Waals surface area (Å²) < 4.78 is 61.3. The number of nitrogens with one attached hydrogen (secondary N) is 2. The van der Waals surface area contributed by atoms with Gasteiger partial charge in [0.2, 0.25) is 0 Å². The minimum atomic E-state index is -4.85. The fourth-order valence-electron chi connectivity index (χ4n) is 3.93. The number of halogens is 5. The molecule has 0 saturated carbocycles. The molecule has 1 aliphatic heterocycles. The molecule has 3 aromatic carbocycles. The van der Waals surface area contributed by atoms with Crippen molar-refractivity contribution in [3.05, 3.63) is 83.1 Å². The van der Waals surface area contributed by atoms with Gasteiger partial charge in [0.15, 0.2) is 0 Å². The second-order valence-electron chi connectivity index (χ2n) is 8.73. The summed E-state index contributed by atoms with van der Waals surface area (Å²) in [4.78, 5) is 29.4. The van der Waals surface area contributed by atoms with E-state index in [0.717, 1.165) is 18.2 Å². The first kappa shape index (κ1) is 29.1. The number of carbonyl (C=O) groups excluding carboxylic acids is 2. The normalized spacial score (nSPS) is 13.9. The van der Waals surface area contributed by atoms with Crippen molar-refractivity contribution in [2.75, 3.05) is 54.9 Å². The first-order valence-electron chi connectivity index (χ1n) is 12.2. The number of carbonyl (C=O) groups is 2. The van der Waals surface area contributed by atoms with Crippen LogP contribution in [0.15, 0.2) is 66.7 Å². The summed E-state index contributed by atoms with van der Waals surface area (Å²) in [6.07, 6.45) is -4.85. The van der Waals surface area contributed by atoms with Crippen LogP contribution in [-0.2, 0) is 4.74 Å². The van der Waals surface area contributed by atoms with Crippen molar-refractivity contribution in [1.29, 1.82) is 0 Å². The molecule has 3 amide bonds. The van der Waals surface area contributed by atoms with Crippen molar-refractivity contribution >= 4 is 40.6 Å². The van der Waals surface area contributed by atoms with Crippen molar-refractivity contribution in [2.24, 2.45) is 0 Å². The van der Waals surface area contributed by atoms with E-state index in [9.17, 15) is 22.8 Å². The average Bonchev–Trinajstić information content (AvgIpc) is 2.91. The molecule has 1 saturated heterocycles. The highest BCUT2D eigenvalue weighted by Gasteiger charge is 2.31. The Kier molecular flexibility index (Phi) is 9.46. The number of alkyl halides is 3. The molecule has 1 fully saturated rings. The summed E-state index contributed by atoms with van der Waals surface area (Å²) >= 11 is 5.92. The van der Waals surface area contributed by atoms with Gasteiger partial charge in [-0.2, -0.15) is 0 Å². The highest BCUT2D eigenvalue weighted by Crippen LogP contribution is 2.25. The van der Waals surface area contributed by atoms with Crippen LogP contribution in [0.4, 0.5) is 39.4 Å². The third-order valence-corrected chi connectivity index (χ3v) is 6.19. The summed E-state index contributed by atoms with van der Waals surface area (Å²) in [7, 11) is 0. The lowest BCUT2D eigenvalue weighted by molar-refractivity contribution is -0.274. The summed E-state index contributed by atoms with van der Waals surface area (Å²) in [6.45, 7) is 3.29. The van der Waals surface area contributed by atoms with Crippen LogP contribution in [0.3, 0.4) is 0 Å². The highest BCUT2D eigenvalue weighted by atomic mass is 35.5. The Hall–Kier alpha value is -3.87. The molecule has 1 heterocycles. The minimum absolute atomic E-state index is 0.137. The molecular weight excluding hydrogens is 556 g/mol. The molecule has 4 rings (SSSR count). The monoisotopic (exact) mass is 580 g/mol. The third kappa shape index (κ3) is 8.31.